The standard InChI is InChI=1S/C9H11F3O2/c10-9(11,12)8-3-1-7(5-8,2-4-8)6(13)14/h1-5H2,(H,13,14). The minimum Gasteiger partial charge on any atom is -0.481 e. The van der Waals surface area contributed by atoms with E-state index < -0.39 is 23.0 Å². The van der Waals surface area contributed by atoms with Gasteiger partial charge in [0.2, 0.25) is 0 Å². The third kappa shape index (κ3) is 1.01. The molecule has 2 aliphatic carbocycles. The lowest BCUT2D eigenvalue weighted by molar-refractivity contribution is -0.220. The van der Waals surface area contributed by atoms with Crippen molar-refractivity contribution in [3.05, 3.63) is 0 Å². The number of carboxylic acids is 1. The molecule has 0 aromatic heterocycles. The summed E-state index contributed by atoms with van der Waals surface area (Å²) in [4.78, 5) is 10.9. The van der Waals surface area contributed by atoms with Gasteiger partial charge in [0.05, 0.1) is 10.8 Å². The van der Waals surface area contributed by atoms with Gasteiger partial charge in [-0.1, -0.05) is 0 Å². The Morgan fingerprint density at radius 1 is 1.14 bits per heavy atom. The average Bonchev–Trinajstić information content (AvgIpc) is 2.59. The lowest BCUT2D eigenvalue weighted by Gasteiger charge is -2.28. The highest BCUT2D eigenvalue weighted by Crippen LogP contribution is 2.67. The Morgan fingerprint density at radius 3 is 1.86 bits per heavy atom. The molecule has 0 aliphatic heterocycles. The van der Waals surface area contributed by atoms with E-state index in [1.165, 1.54) is 0 Å². The maximum atomic E-state index is 12.7. The summed E-state index contributed by atoms with van der Waals surface area (Å²) in [6.07, 6.45) is -4.10. The number of aliphatic carboxylic acids is 1. The largest absolute Gasteiger partial charge is 0.481 e. The summed E-state index contributed by atoms with van der Waals surface area (Å²) >= 11 is 0. The van der Waals surface area contributed by atoms with Crippen LogP contribution in [0.25, 0.3) is 0 Å². The molecule has 2 rings (SSSR count). The number of hydrogen-bond acceptors (Lipinski definition) is 1. The fourth-order valence-electron chi connectivity index (χ4n) is 2.88. The van der Waals surface area contributed by atoms with Gasteiger partial charge in [0.1, 0.15) is 0 Å². The van der Waals surface area contributed by atoms with Crippen molar-refractivity contribution in [2.75, 3.05) is 0 Å². The summed E-state index contributed by atoms with van der Waals surface area (Å²) in [6.45, 7) is 0. The molecular formula is C9H11F3O2. The predicted molar refractivity (Wildman–Crippen MR) is 41.6 cm³/mol. The van der Waals surface area contributed by atoms with Crippen LogP contribution in [0.1, 0.15) is 32.1 Å². The molecule has 0 unspecified atom stereocenters. The van der Waals surface area contributed by atoms with Crippen LogP contribution in [-0.2, 0) is 4.79 Å². The average molecular weight is 208 g/mol. The first-order valence-electron chi connectivity index (χ1n) is 4.62. The monoisotopic (exact) mass is 208 g/mol. The topological polar surface area (TPSA) is 37.3 Å². The van der Waals surface area contributed by atoms with Crippen molar-refractivity contribution in [1.82, 2.24) is 0 Å². The van der Waals surface area contributed by atoms with Gasteiger partial charge >= 0.3 is 12.1 Å². The van der Waals surface area contributed by atoms with E-state index >= 15 is 0 Å². The van der Waals surface area contributed by atoms with Crippen molar-refractivity contribution in [3.63, 3.8) is 0 Å². The summed E-state index contributed by atoms with van der Waals surface area (Å²) in [5.41, 5.74) is -2.76. The molecule has 1 N–H and O–H groups in total. The zero-order valence-electron chi connectivity index (χ0n) is 7.52. The van der Waals surface area contributed by atoms with E-state index in [0.717, 1.165) is 0 Å². The van der Waals surface area contributed by atoms with Crippen molar-refractivity contribution < 1.29 is 23.1 Å². The van der Waals surface area contributed by atoms with Crippen LogP contribution in [0.5, 0.6) is 0 Å². The van der Waals surface area contributed by atoms with Crippen LogP contribution in [0.2, 0.25) is 0 Å². The number of rotatable bonds is 1. The van der Waals surface area contributed by atoms with E-state index in [4.69, 9.17) is 5.11 Å². The maximum Gasteiger partial charge on any atom is 0.394 e. The fraction of sp³-hybridized carbons (Fsp3) is 0.889. The summed E-state index contributed by atoms with van der Waals surface area (Å²) in [6, 6.07) is 0. The van der Waals surface area contributed by atoms with Gasteiger partial charge in [-0.15, -0.1) is 0 Å². The van der Waals surface area contributed by atoms with Crippen molar-refractivity contribution >= 4 is 5.97 Å². The highest BCUT2D eigenvalue weighted by atomic mass is 19.4. The zero-order valence-corrected chi connectivity index (χ0v) is 7.52. The van der Waals surface area contributed by atoms with Gasteiger partial charge in [0.25, 0.3) is 0 Å². The van der Waals surface area contributed by atoms with Crippen LogP contribution in [0, 0.1) is 10.8 Å². The van der Waals surface area contributed by atoms with E-state index in [0.29, 0.717) is 0 Å². The second-order valence-corrected chi connectivity index (χ2v) is 4.54. The van der Waals surface area contributed by atoms with E-state index in [-0.39, 0.29) is 32.1 Å². The molecule has 0 heterocycles. The van der Waals surface area contributed by atoms with Gasteiger partial charge in [-0.25, -0.2) is 0 Å². The molecule has 14 heavy (non-hydrogen) atoms. The summed E-state index contributed by atoms with van der Waals surface area (Å²) in [5.74, 6) is -1.05. The number of hydrogen-bond donors (Lipinski definition) is 1. The smallest absolute Gasteiger partial charge is 0.394 e. The molecule has 0 atom stereocenters. The second-order valence-electron chi connectivity index (χ2n) is 4.54. The highest BCUT2D eigenvalue weighted by Gasteiger charge is 2.68. The van der Waals surface area contributed by atoms with Crippen molar-refractivity contribution in [3.8, 4) is 0 Å². The SMILES string of the molecule is O=C(O)C12CCC(C(F)(F)F)(CC1)C2. The summed E-state index contributed by atoms with van der Waals surface area (Å²) in [5, 5.41) is 8.90. The Balaban J connectivity index is 2.29. The molecule has 2 saturated carbocycles. The van der Waals surface area contributed by atoms with Crippen molar-refractivity contribution in [2.24, 2.45) is 10.8 Å². The molecule has 2 bridgehead atoms. The number of carbonyl (C=O) groups is 1. The number of alkyl halides is 3. The molecule has 0 amide bonds. The molecule has 2 aliphatic rings. The number of carboxylic acid groups (broad SMARTS) is 1. The minimum absolute atomic E-state index is 0.0111. The fourth-order valence-corrected chi connectivity index (χ4v) is 2.88. The number of halogens is 3. The van der Waals surface area contributed by atoms with Crippen molar-refractivity contribution in [2.45, 2.75) is 38.3 Å². The molecule has 0 aromatic rings. The van der Waals surface area contributed by atoms with Crippen LogP contribution in [0.15, 0.2) is 0 Å². The van der Waals surface area contributed by atoms with E-state index in [9.17, 15) is 18.0 Å². The lowest BCUT2D eigenvalue weighted by Crippen LogP contribution is -2.33. The van der Waals surface area contributed by atoms with E-state index in [1.54, 1.807) is 0 Å². The van der Waals surface area contributed by atoms with Gasteiger partial charge in [-0.05, 0) is 32.1 Å². The molecule has 2 nitrogen and oxygen atoms in total. The molecular weight excluding hydrogens is 197 g/mol. The molecule has 0 spiro atoms. The minimum atomic E-state index is -4.24. The molecule has 5 heteroatoms. The first-order valence-corrected chi connectivity index (χ1v) is 4.62. The Kier molecular flexibility index (Phi) is 1.71. The van der Waals surface area contributed by atoms with Crippen LogP contribution in [0.3, 0.4) is 0 Å². The second kappa shape index (κ2) is 2.44. The normalized spacial score (nSPS) is 41.6. The molecule has 0 saturated heterocycles. The van der Waals surface area contributed by atoms with Crippen LogP contribution >= 0.6 is 0 Å². The Hall–Kier alpha value is -0.740. The van der Waals surface area contributed by atoms with Crippen LogP contribution < -0.4 is 0 Å². The van der Waals surface area contributed by atoms with Gasteiger partial charge < -0.3 is 5.11 Å². The van der Waals surface area contributed by atoms with Gasteiger partial charge in [0, 0.05) is 0 Å². The van der Waals surface area contributed by atoms with Gasteiger partial charge in [-0.3, -0.25) is 4.79 Å². The molecule has 2 fully saturated rings. The van der Waals surface area contributed by atoms with Gasteiger partial charge in [-0.2, -0.15) is 13.2 Å². The maximum absolute atomic E-state index is 12.7. The van der Waals surface area contributed by atoms with Crippen LogP contribution in [0.4, 0.5) is 13.2 Å². The zero-order chi connectivity index (χ0) is 10.6. The Bertz CT molecular complexity index is 274. The third-order valence-corrected chi connectivity index (χ3v) is 3.90. The quantitative estimate of drug-likeness (QED) is 0.719. The van der Waals surface area contributed by atoms with Crippen molar-refractivity contribution in [1.29, 1.82) is 0 Å². The first-order chi connectivity index (χ1) is 6.31. The Morgan fingerprint density at radius 2 is 1.64 bits per heavy atom. The van der Waals surface area contributed by atoms with E-state index in [1.807, 2.05) is 0 Å². The van der Waals surface area contributed by atoms with Crippen LogP contribution in [-0.4, -0.2) is 17.3 Å². The lowest BCUT2D eigenvalue weighted by atomic mass is 9.82. The highest BCUT2D eigenvalue weighted by molar-refractivity contribution is 5.76. The first kappa shape index (κ1) is 9.80. The Labute approximate surface area is 79.1 Å². The molecule has 0 aromatic carbocycles. The number of fused-ring (bicyclic) bond motifs is 2. The summed E-state index contributed by atoms with van der Waals surface area (Å²) in [7, 11) is 0. The third-order valence-electron chi connectivity index (χ3n) is 3.90. The summed E-state index contributed by atoms with van der Waals surface area (Å²) < 4.78 is 38.1. The molecule has 80 valence electrons. The molecule has 0 radical (unpaired) electrons. The van der Waals surface area contributed by atoms with Gasteiger partial charge in [0.15, 0.2) is 0 Å². The van der Waals surface area contributed by atoms with E-state index in [2.05, 4.69) is 0 Å². The predicted octanol–water partition coefficient (Wildman–Crippen LogP) is 2.58.